The molecule has 0 bridgehead atoms. The molecule has 5 rings (SSSR count). The van der Waals surface area contributed by atoms with Crippen LogP contribution in [0.3, 0.4) is 0 Å². The van der Waals surface area contributed by atoms with Crippen LogP contribution in [0.1, 0.15) is 97.8 Å². The van der Waals surface area contributed by atoms with Crippen LogP contribution in [0, 0.1) is 34.5 Å². The molecule has 2 N–H and O–H groups in total. The molecule has 5 aliphatic rings. The van der Waals surface area contributed by atoms with Gasteiger partial charge < -0.3 is 14.9 Å². The average molecular weight is 417 g/mol. The quantitative estimate of drug-likeness (QED) is 0.583. The van der Waals surface area contributed by atoms with Crippen molar-refractivity contribution >= 4 is 0 Å². The molecule has 3 nitrogen and oxygen atoms in total. The van der Waals surface area contributed by atoms with Gasteiger partial charge in [-0.05, 0) is 106 Å². The minimum absolute atomic E-state index is 0.330. The molecule has 4 fully saturated rings. The van der Waals surface area contributed by atoms with Gasteiger partial charge in [-0.3, -0.25) is 0 Å². The smallest absolute Gasteiger partial charge is 0.0902 e. The van der Waals surface area contributed by atoms with Crippen molar-refractivity contribution in [1.29, 1.82) is 0 Å². The lowest BCUT2D eigenvalue weighted by Crippen LogP contribution is -2.51. The van der Waals surface area contributed by atoms with Gasteiger partial charge in [0.25, 0.3) is 0 Å². The van der Waals surface area contributed by atoms with E-state index in [1.807, 2.05) is 6.92 Å². The van der Waals surface area contributed by atoms with Crippen LogP contribution in [0.15, 0.2) is 11.6 Å². The van der Waals surface area contributed by atoms with Gasteiger partial charge in [-0.1, -0.05) is 31.9 Å². The molecule has 1 saturated heterocycles. The third-order valence-corrected chi connectivity index (χ3v) is 10.9. The molecule has 1 heterocycles. The summed E-state index contributed by atoms with van der Waals surface area (Å²) in [4.78, 5) is 0. The van der Waals surface area contributed by atoms with Crippen LogP contribution in [0.4, 0.5) is 0 Å². The minimum Gasteiger partial charge on any atom is -0.390 e. The maximum atomic E-state index is 10.7. The maximum absolute atomic E-state index is 10.7. The van der Waals surface area contributed by atoms with Crippen molar-refractivity contribution < 1.29 is 14.9 Å². The lowest BCUT2D eigenvalue weighted by Gasteiger charge is -2.59. The Bertz CT molecular complexity index is 690. The van der Waals surface area contributed by atoms with Crippen molar-refractivity contribution in [2.45, 2.75) is 109 Å². The summed E-state index contributed by atoms with van der Waals surface area (Å²) < 4.78 is 5.44. The zero-order chi connectivity index (χ0) is 21.2. The number of fused-ring (bicyclic) bond motifs is 5. The summed E-state index contributed by atoms with van der Waals surface area (Å²) in [5, 5.41) is 21.3. The second kappa shape index (κ2) is 7.32. The Morgan fingerprint density at radius 3 is 2.60 bits per heavy atom. The van der Waals surface area contributed by atoms with Crippen LogP contribution in [0.2, 0.25) is 0 Å². The molecule has 4 aliphatic carbocycles. The van der Waals surface area contributed by atoms with Crippen molar-refractivity contribution in [1.82, 2.24) is 0 Å². The van der Waals surface area contributed by atoms with Gasteiger partial charge in [0, 0.05) is 13.0 Å². The fourth-order valence-electron chi connectivity index (χ4n) is 8.86. The molecular weight excluding hydrogens is 372 g/mol. The molecule has 170 valence electrons. The number of aliphatic hydroxyl groups is 2. The summed E-state index contributed by atoms with van der Waals surface area (Å²) in [5.74, 6) is 3.37. The van der Waals surface area contributed by atoms with Gasteiger partial charge in [0.05, 0.1) is 17.8 Å². The van der Waals surface area contributed by atoms with Gasteiger partial charge in [-0.25, -0.2) is 0 Å². The third kappa shape index (κ3) is 3.42. The molecule has 1 aliphatic heterocycles. The zero-order valence-corrected chi connectivity index (χ0v) is 19.6. The molecule has 3 heteroatoms. The van der Waals surface area contributed by atoms with Crippen molar-refractivity contribution in [3.63, 3.8) is 0 Å². The van der Waals surface area contributed by atoms with Gasteiger partial charge in [-0.15, -0.1) is 0 Å². The van der Waals surface area contributed by atoms with E-state index in [-0.39, 0.29) is 0 Å². The number of hydrogen-bond acceptors (Lipinski definition) is 3. The van der Waals surface area contributed by atoms with Gasteiger partial charge in [0.15, 0.2) is 0 Å². The van der Waals surface area contributed by atoms with E-state index >= 15 is 0 Å². The Balaban J connectivity index is 1.27. The summed E-state index contributed by atoms with van der Waals surface area (Å²) in [7, 11) is 0. The number of ether oxygens (including phenoxy) is 1. The first-order valence-electron chi connectivity index (χ1n) is 12.9. The second-order valence-electron chi connectivity index (χ2n) is 12.7. The summed E-state index contributed by atoms with van der Waals surface area (Å²) >= 11 is 0. The molecule has 0 spiro atoms. The van der Waals surface area contributed by atoms with Crippen molar-refractivity contribution in [3.05, 3.63) is 11.6 Å². The summed E-state index contributed by atoms with van der Waals surface area (Å²) in [6.45, 7) is 8.46. The molecule has 0 aromatic heterocycles. The van der Waals surface area contributed by atoms with Crippen LogP contribution in [-0.4, -0.2) is 34.6 Å². The van der Waals surface area contributed by atoms with Gasteiger partial charge in [0.1, 0.15) is 0 Å². The maximum Gasteiger partial charge on any atom is 0.0902 e. The fraction of sp³-hybridized carbons (Fsp3) is 0.926. The molecule has 7 unspecified atom stereocenters. The Hall–Kier alpha value is -0.380. The Labute approximate surface area is 183 Å². The highest BCUT2D eigenvalue weighted by Crippen LogP contribution is 2.67. The lowest BCUT2D eigenvalue weighted by atomic mass is 9.46. The Kier molecular flexibility index (Phi) is 5.24. The van der Waals surface area contributed by atoms with E-state index in [9.17, 15) is 10.2 Å². The standard InChI is InChI=1S/C27H44O3/c1-24(28)13-14-26(3)20(17-24)6-8-21-22-9-7-19(25(22,2)12-10-23(21)26)5-4-11-27(29)15-16-30-18-27/h6,19,21-23,28-29H,4-5,7-18H2,1-3H3/t19?,21?,22?,23?,24-,25?,26?,27?/m0/s1. The van der Waals surface area contributed by atoms with E-state index in [2.05, 4.69) is 19.9 Å². The number of hydrogen-bond donors (Lipinski definition) is 2. The average Bonchev–Trinajstić information content (AvgIpc) is 3.26. The third-order valence-electron chi connectivity index (χ3n) is 10.9. The Morgan fingerprint density at radius 1 is 1.00 bits per heavy atom. The SMILES string of the molecule is CC12CC[C@](C)(O)CC1=CCC1C2CCC2(C)C(CCCC3(O)CCOC3)CCC12. The number of rotatable bonds is 4. The van der Waals surface area contributed by atoms with E-state index < -0.39 is 11.2 Å². The molecule has 0 amide bonds. The first-order chi connectivity index (χ1) is 14.2. The predicted octanol–water partition coefficient (Wildman–Crippen LogP) is 5.64. The molecular formula is C27H44O3. The van der Waals surface area contributed by atoms with E-state index in [1.165, 1.54) is 44.9 Å². The topological polar surface area (TPSA) is 49.7 Å². The van der Waals surface area contributed by atoms with E-state index in [4.69, 9.17) is 4.74 Å². The first-order valence-corrected chi connectivity index (χ1v) is 12.9. The summed E-state index contributed by atoms with van der Waals surface area (Å²) in [6, 6.07) is 0. The second-order valence-corrected chi connectivity index (χ2v) is 12.7. The minimum atomic E-state index is -0.544. The van der Waals surface area contributed by atoms with E-state index in [0.717, 1.165) is 62.4 Å². The number of allylic oxidation sites excluding steroid dienone is 1. The van der Waals surface area contributed by atoms with E-state index in [1.54, 1.807) is 5.57 Å². The molecule has 8 atom stereocenters. The predicted molar refractivity (Wildman–Crippen MR) is 120 cm³/mol. The monoisotopic (exact) mass is 416 g/mol. The highest BCUT2D eigenvalue weighted by molar-refractivity contribution is 5.26. The van der Waals surface area contributed by atoms with Gasteiger partial charge in [-0.2, -0.15) is 0 Å². The first kappa shape index (κ1) is 21.5. The summed E-state index contributed by atoms with van der Waals surface area (Å²) in [6.07, 6.45) is 16.6. The molecule has 0 radical (unpaired) electrons. The Morgan fingerprint density at radius 2 is 1.83 bits per heavy atom. The molecule has 3 saturated carbocycles. The molecule has 0 aromatic carbocycles. The highest BCUT2D eigenvalue weighted by Gasteiger charge is 2.58. The molecule has 0 aromatic rings. The van der Waals surface area contributed by atoms with Gasteiger partial charge in [0.2, 0.25) is 0 Å². The lowest BCUT2D eigenvalue weighted by molar-refractivity contribution is -0.0666. The van der Waals surface area contributed by atoms with Crippen molar-refractivity contribution in [2.75, 3.05) is 13.2 Å². The van der Waals surface area contributed by atoms with Crippen LogP contribution in [-0.2, 0) is 4.74 Å². The summed E-state index contributed by atoms with van der Waals surface area (Å²) in [5.41, 5.74) is 1.37. The normalized spacial score (nSPS) is 53.0. The van der Waals surface area contributed by atoms with Crippen LogP contribution >= 0.6 is 0 Å². The van der Waals surface area contributed by atoms with Crippen LogP contribution < -0.4 is 0 Å². The van der Waals surface area contributed by atoms with Crippen molar-refractivity contribution in [2.24, 2.45) is 34.5 Å². The van der Waals surface area contributed by atoms with E-state index in [0.29, 0.717) is 17.4 Å². The van der Waals surface area contributed by atoms with Gasteiger partial charge >= 0.3 is 0 Å². The van der Waals surface area contributed by atoms with Crippen LogP contribution in [0.25, 0.3) is 0 Å². The highest BCUT2D eigenvalue weighted by atomic mass is 16.5. The fourth-order valence-corrected chi connectivity index (χ4v) is 8.86. The zero-order valence-electron chi connectivity index (χ0n) is 19.6. The largest absolute Gasteiger partial charge is 0.390 e. The van der Waals surface area contributed by atoms with Crippen molar-refractivity contribution in [3.8, 4) is 0 Å². The molecule has 30 heavy (non-hydrogen) atoms. The van der Waals surface area contributed by atoms with Crippen LogP contribution in [0.5, 0.6) is 0 Å².